The highest BCUT2D eigenvalue weighted by Gasteiger charge is 2.24. The van der Waals surface area contributed by atoms with Crippen molar-refractivity contribution in [2.45, 2.75) is 26.3 Å². The Hall–Kier alpha value is -1.88. The molecule has 1 fully saturated rings. The van der Waals surface area contributed by atoms with Gasteiger partial charge in [0, 0.05) is 17.5 Å². The first kappa shape index (κ1) is 14.1. The van der Waals surface area contributed by atoms with Crippen molar-refractivity contribution in [3.63, 3.8) is 0 Å². The summed E-state index contributed by atoms with van der Waals surface area (Å²) >= 11 is 0. The van der Waals surface area contributed by atoms with Crippen LogP contribution in [0, 0.1) is 11.7 Å². The number of nitrogens with zero attached hydrogens (tertiary/aromatic N) is 1. The lowest BCUT2D eigenvalue weighted by Crippen LogP contribution is -2.32. The standard InChI is InChI=1S/C16H18FNO3/c1-10-4-6-18(7-5-10)9-13-12-8-11(17)2-3-14(12)21-15(13)16(19)20/h2-3,8,10H,4-7,9H2,1H3,(H,19,20). The summed E-state index contributed by atoms with van der Waals surface area (Å²) < 4.78 is 18.8. The van der Waals surface area contributed by atoms with Crippen LogP contribution in [0.25, 0.3) is 11.0 Å². The molecule has 0 bridgehead atoms. The predicted octanol–water partition coefficient (Wildman–Crippen LogP) is 3.50. The van der Waals surface area contributed by atoms with Crippen LogP contribution in [-0.4, -0.2) is 29.1 Å². The van der Waals surface area contributed by atoms with Crippen molar-refractivity contribution < 1.29 is 18.7 Å². The average molecular weight is 291 g/mol. The van der Waals surface area contributed by atoms with Gasteiger partial charge in [-0.15, -0.1) is 0 Å². The molecule has 1 aliphatic heterocycles. The molecule has 0 unspecified atom stereocenters. The van der Waals surface area contributed by atoms with E-state index in [1.165, 1.54) is 18.2 Å². The lowest BCUT2D eigenvalue weighted by molar-refractivity contribution is 0.0660. The molecule has 0 spiro atoms. The van der Waals surface area contributed by atoms with Gasteiger partial charge < -0.3 is 9.52 Å². The average Bonchev–Trinajstić information content (AvgIpc) is 2.80. The fourth-order valence-electron chi connectivity index (χ4n) is 2.89. The molecule has 0 aliphatic carbocycles. The number of carboxylic acid groups (broad SMARTS) is 1. The Bertz CT molecular complexity index is 671. The predicted molar refractivity (Wildman–Crippen MR) is 76.8 cm³/mol. The normalized spacial score (nSPS) is 17.4. The number of carboxylic acids is 1. The van der Waals surface area contributed by atoms with E-state index in [0.29, 0.717) is 29.0 Å². The molecule has 3 rings (SSSR count). The minimum Gasteiger partial charge on any atom is -0.475 e. The number of piperidine rings is 1. The van der Waals surface area contributed by atoms with Gasteiger partial charge in [0.2, 0.25) is 5.76 Å². The second-order valence-electron chi connectivity index (χ2n) is 5.81. The summed E-state index contributed by atoms with van der Waals surface area (Å²) in [5, 5.41) is 9.86. The number of likely N-dealkylation sites (tertiary alicyclic amines) is 1. The molecule has 0 saturated carbocycles. The van der Waals surface area contributed by atoms with Gasteiger partial charge in [-0.2, -0.15) is 0 Å². The molecule has 2 heterocycles. The Kier molecular flexibility index (Phi) is 3.68. The van der Waals surface area contributed by atoms with Crippen molar-refractivity contribution in [1.29, 1.82) is 0 Å². The van der Waals surface area contributed by atoms with Gasteiger partial charge in [0.1, 0.15) is 11.4 Å². The molecule has 4 nitrogen and oxygen atoms in total. The highest BCUT2D eigenvalue weighted by molar-refractivity contribution is 5.95. The fraction of sp³-hybridized carbons (Fsp3) is 0.438. The van der Waals surface area contributed by atoms with Crippen LogP contribution >= 0.6 is 0 Å². The lowest BCUT2D eigenvalue weighted by atomic mass is 9.98. The van der Waals surface area contributed by atoms with Gasteiger partial charge in [0.25, 0.3) is 0 Å². The topological polar surface area (TPSA) is 53.7 Å². The molecule has 0 amide bonds. The zero-order valence-electron chi connectivity index (χ0n) is 11.9. The number of benzene rings is 1. The van der Waals surface area contributed by atoms with Crippen molar-refractivity contribution >= 4 is 16.9 Å². The van der Waals surface area contributed by atoms with Crippen LogP contribution in [0.4, 0.5) is 4.39 Å². The molecule has 21 heavy (non-hydrogen) atoms. The Morgan fingerprint density at radius 3 is 2.81 bits per heavy atom. The van der Waals surface area contributed by atoms with Crippen LogP contribution in [0.1, 0.15) is 35.9 Å². The number of hydrogen-bond donors (Lipinski definition) is 1. The maximum Gasteiger partial charge on any atom is 0.372 e. The summed E-state index contributed by atoms with van der Waals surface area (Å²) in [6.45, 7) is 4.58. The van der Waals surface area contributed by atoms with E-state index < -0.39 is 5.97 Å². The third kappa shape index (κ3) is 2.78. The molecular weight excluding hydrogens is 273 g/mol. The number of carbonyl (C=O) groups is 1. The molecule has 0 atom stereocenters. The van der Waals surface area contributed by atoms with Gasteiger partial charge in [-0.05, 0) is 50.0 Å². The SMILES string of the molecule is CC1CCN(Cc2c(C(=O)O)oc3ccc(F)cc23)CC1. The van der Waals surface area contributed by atoms with E-state index in [1.54, 1.807) is 0 Å². The second kappa shape index (κ2) is 5.48. The smallest absolute Gasteiger partial charge is 0.372 e. The molecular formula is C16H18FNO3. The Morgan fingerprint density at radius 1 is 1.43 bits per heavy atom. The van der Waals surface area contributed by atoms with Gasteiger partial charge in [-0.25, -0.2) is 9.18 Å². The molecule has 1 aromatic heterocycles. The van der Waals surface area contributed by atoms with E-state index in [1.807, 2.05) is 0 Å². The minimum absolute atomic E-state index is 0.0748. The van der Waals surface area contributed by atoms with Crippen molar-refractivity contribution in [3.05, 3.63) is 35.3 Å². The van der Waals surface area contributed by atoms with Crippen molar-refractivity contribution in [1.82, 2.24) is 4.90 Å². The summed E-state index contributed by atoms with van der Waals surface area (Å²) in [7, 11) is 0. The van der Waals surface area contributed by atoms with Gasteiger partial charge in [0.05, 0.1) is 0 Å². The number of rotatable bonds is 3. The van der Waals surface area contributed by atoms with E-state index in [-0.39, 0.29) is 11.6 Å². The zero-order valence-corrected chi connectivity index (χ0v) is 11.9. The lowest BCUT2D eigenvalue weighted by Gasteiger charge is -2.30. The molecule has 2 aromatic rings. The molecule has 1 saturated heterocycles. The first-order chi connectivity index (χ1) is 10.0. The third-order valence-electron chi connectivity index (χ3n) is 4.21. The summed E-state index contributed by atoms with van der Waals surface area (Å²) in [5.41, 5.74) is 1.00. The van der Waals surface area contributed by atoms with Crippen molar-refractivity contribution in [2.75, 3.05) is 13.1 Å². The van der Waals surface area contributed by atoms with Crippen LogP contribution in [0.15, 0.2) is 22.6 Å². The number of halogens is 1. The molecule has 1 N–H and O–H groups in total. The van der Waals surface area contributed by atoms with Gasteiger partial charge in [0.15, 0.2) is 0 Å². The molecule has 1 aromatic carbocycles. The first-order valence-corrected chi connectivity index (χ1v) is 7.21. The van der Waals surface area contributed by atoms with E-state index in [9.17, 15) is 14.3 Å². The summed E-state index contributed by atoms with van der Waals surface area (Å²) in [4.78, 5) is 13.6. The molecule has 5 heteroatoms. The largest absolute Gasteiger partial charge is 0.475 e. The minimum atomic E-state index is -1.10. The third-order valence-corrected chi connectivity index (χ3v) is 4.21. The number of aromatic carboxylic acids is 1. The highest BCUT2D eigenvalue weighted by atomic mass is 19.1. The molecule has 112 valence electrons. The van der Waals surface area contributed by atoms with Crippen LogP contribution < -0.4 is 0 Å². The van der Waals surface area contributed by atoms with Crippen LogP contribution in [0.3, 0.4) is 0 Å². The van der Waals surface area contributed by atoms with Gasteiger partial charge in [-0.1, -0.05) is 6.92 Å². The Morgan fingerprint density at radius 2 is 2.14 bits per heavy atom. The van der Waals surface area contributed by atoms with Gasteiger partial charge >= 0.3 is 5.97 Å². The summed E-state index contributed by atoms with van der Waals surface area (Å²) in [6.07, 6.45) is 2.21. The highest BCUT2D eigenvalue weighted by Crippen LogP contribution is 2.29. The second-order valence-corrected chi connectivity index (χ2v) is 5.81. The van der Waals surface area contributed by atoms with Gasteiger partial charge in [-0.3, -0.25) is 4.90 Å². The summed E-state index contributed by atoms with van der Waals surface area (Å²) in [6, 6.07) is 4.12. The quantitative estimate of drug-likeness (QED) is 0.940. The van der Waals surface area contributed by atoms with Crippen molar-refractivity contribution in [2.24, 2.45) is 5.92 Å². The maximum absolute atomic E-state index is 13.5. The molecule has 1 aliphatic rings. The Labute approximate surface area is 122 Å². The van der Waals surface area contributed by atoms with E-state index in [4.69, 9.17) is 4.42 Å². The summed E-state index contributed by atoms with van der Waals surface area (Å²) in [5.74, 6) is -0.853. The van der Waals surface area contributed by atoms with E-state index in [2.05, 4.69) is 11.8 Å². The number of furan rings is 1. The van der Waals surface area contributed by atoms with Crippen LogP contribution in [0.2, 0.25) is 0 Å². The first-order valence-electron chi connectivity index (χ1n) is 7.21. The van der Waals surface area contributed by atoms with E-state index in [0.717, 1.165) is 25.9 Å². The number of fused-ring (bicyclic) bond motifs is 1. The van der Waals surface area contributed by atoms with Crippen molar-refractivity contribution in [3.8, 4) is 0 Å². The maximum atomic E-state index is 13.5. The number of hydrogen-bond acceptors (Lipinski definition) is 3. The van der Waals surface area contributed by atoms with E-state index >= 15 is 0 Å². The zero-order chi connectivity index (χ0) is 15.0. The monoisotopic (exact) mass is 291 g/mol. The Balaban J connectivity index is 1.97. The van der Waals surface area contributed by atoms with Crippen LogP contribution in [0.5, 0.6) is 0 Å². The van der Waals surface area contributed by atoms with Crippen LogP contribution in [-0.2, 0) is 6.54 Å². The fourth-order valence-corrected chi connectivity index (χ4v) is 2.89. The molecule has 0 radical (unpaired) electrons.